The van der Waals surface area contributed by atoms with Gasteiger partial charge in [0.2, 0.25) is 0 Å². The van der Waals surface area contributed by atoms with Crippen LogP contribution in [0.5, 0.6) is 0 Å². The van der Waals surface area contributed by atoms with Crippen LogP contribution in [0.2, 0.25) is 0 Å². The van der Waals surface area contributed by atoms with Crippen molar-refractivity contribution in [2.24, 2.45) is 0 Å². The molecule has 1 aromatic rings. The van der Waals surface area contributed by atoms with Crippen molar-refractivity contribution in [2.75, 3.05) is 19.4 Å². The van der Waals surface area contributed by atoms with Gasteiger partial charge in [-0.3, -0.25) is 4.79 Å². The van der Waals surface area contributed by atoms with E-state index in [9.17, 15) is 4.79 Å². The van der Waals surface area contributed by atoms with Gasteiger partial charge in [-0.25, -0.2) is 0 Å². The number of benzene rings is 1. The molecule has 3 nitrogen and oxygen atoms in total. The Morgan fingerprint density at radius 3 is 2.59 bits per heavy atom. The van der Waals surface area contributed by atoms with Crippen LogP contribution in [0.15, 0.2) is 35.2 Å². The second kappa shape index (κ2) is 6.67. The van der Waals surface area contributed by atoms with E-state index in [-0.39, 0.29) is 5.97 Å². The van der Waals surface area contributed by atoms with Gasteiger partial charge in [-0.15, -0.1) is 11.8 Å². The zero-order chi connectivity index (χ0) is 12.7. The first-order valence-corrected chi connectivity index (χ1v) is 6.65. The lowest BCUT2D eigenvalue weighted by Gasteiger charge is -2.26. The number of esters is 1. The van der Waals surface area contributed by atoms with Gasteiger partial charge < -0.3 is 10.1 Å². The van der Waals surface area contributed by atoms with Crippen molar-refractivity contribution < 1.29 is 9.53 Å². The molecular formula is C13H19NO2S. The third kappa shape index (κ3) is 4.06. The number of likely N-dealkylation sites (N-methyl/N-ethyl adjacent to an activating group) is 1. The number of hydrogen-bond acceptors (Lipinski definition) is 4. The van der Waals surface area contributed by atoms with Crippen LogP contribution in [0.1, 0.15) is 13.8 Å². The smallest absolute Gasteiger partial charge is 0.326 e. The molecule has 0 aliphatic carbocycles. The minimum atomic E-state index is -0.642. The standard InChI is InChI=1S/C13H19NO2S/c1-4-16-12(15)13(2,14-3)10-17-11-8-6-5-7-9-11/h5-9,14H,4,10H2,1-3H3. The highest BCUT2D eigenvalue weighted by Crippen LogP contribution is 2.23. The first-order valence-electron chi connectivity index (χ1n) is 5.66. The van der Waals surface area contributed by atoms with Crippen molar-refractivity contribution in [2.45, 2.75) is 24.3 Å². The van der Waals surface area contributed by atoms with E-state index in [4.69, 9.17) is 4.74 Å². The lowest BCUT2D eigenvalue weighted by molar-refractivity contribution is -0.149. The fourth-order valence-electron chi connectivity index (χ4n) is 1.27. The molecule has 94 valence electrons. The van der Waals surface area contributed by atoms with Crippen LogP contribution in [0, 0.1) is 0 Å². The molecule has 0 saturated carbocycles. The highest BCUT2D eigenvalue weighted by molar-refractivity contribution is 7.99. The van der Waals surface area contributed by atoms with E-state index in [1.807, 2.05) is 44.2 Å². The zero-order valence-corrected chi connectivity index (χ0v) is 11.3. The number of carbonyl (C=O) groups excluding carboxylic acids is 1. The summed E-state index contributed by atoms with van der Waals surface area (Å²) in [5, 5.41) is 3.04. The number of hydrogen-bond donors (Lipinski definition) is 1. The molecule has 0 bridgehead atoms. The fourth-order valence-corrected chi connectivity index (χ4v) is 2.34. The van der Waals surface area contributed by atoms with Crippen molar-refractivity contribution in [1.82, 2.24) is 5.32 Å². The molecule has 0 aliphatic rings. The highest BCUT2D eigenvalue weighted by Gasteiger charge is 2.32. The summed E-state index contributed by atoms with van der Waals surface area (Å²) < 4.78 is 5.07. The van der Waals surface area contributed by atoms with Crippen molar-refractivity contribution in [3.63, 3.8) is 0 Å². The number of rotatable bonds is 6. The van der Waals surface area contributed by atoms with Gasteiger partial charge in [0.05, 0.1) is 6.61 Å². The lowest BCUT2D eigenvalue weighted by Crippen LogP contribution is -2.50. The van der Waals surface area contributed by atoms with Crippen LogP contribution in [0.4, 0.5) is 0 Å². The maximum absolute atomic E-state index is 11.8. The Kier molecular flexibility index (Phi) is 5.51. The molecule has 0 fully saturated rings. The molecule has 0 heterocycles. The average Bonchev–Trinajstić information content (AvgIpc) is 2.37. The number of carbonyl (C=O) groups is 1. The van der Waals surface area contributed by atoms with E-state index in [0.717, 1.165) is 4.90 Å². The number of thioether (sulfide) groups is 1. The van der Waals surface area contributed by atoms with Crippen LogP contribution >= 0.6 is 11.8 Å². The molecule has 1 atom stereocenters. The second-order valence-corrected chi connectivity index (χ2v) is 4.95. The van der Waals surface area contributed by atoms with E-state index in [1.54, 1.807) is 18.8 Å². The van der Waals surface area contributed by atoms with Crippen molar-refractivity contribution >= 4 is 17.7 Å². The topological polar surface area (TPSA) is 38.3 Å². The largest absolute Gasteiger partial charge is 0.465 e. The Morgan fingerprint density at radius 1 is 1.41 bits per heavy atom. The molecule has 1 unspecified atom stereocenters. The Balaban J connectivity index is 2.60. The third-order valence-electron chi connectivity index (χ3n) is 2.55. The maximum atomic E-state index is 11.8. The van der Waals surface area contributed by atoms with Gasteiger partial charge in [-0.2, -0.15) is 0 Å². The Labute approximate surface area is 107 Å². The molecule has 0 amide bonds. The van der Waals surface area contributed by atoms with E-state index in [1.165, 1.54) is 0 Å². The van der Waals surface area contributed by atoms with E-state index < -0.39 is 5.54 Å². The van der Waals surface area contributed by atoms with E-state index >= 15 is 0 Å². The first-order chi connectivity index (χ1) is 8.12. The Morgan fingerprint density at radius 2 is 2.06 bits per heavy atom. The minimum absolute atomic E-state index is 0.203. The average molecular weight is 253 g/mol. The Hall–Kier alpha value is -1.00. The van der Waals surface area contributed by atoms with Gasteiger partial charge in [0, 0.05) is 10.6 Å². The van der Waals surface area contributed by atoms with Crippen LogP contribution in [-0.4, -0.2) is 30.9 Å². The van der Waals surface area contributed by atoms with Crippen LogP contribution in [0.3, 0.4) is 0 Å². The molecule has 0 spiro atoms. The molecule has 1 N–H and O–H groups in total. The summed E-state index contributed by atoms with van der Waals surface area (Å²) in [4.78, 5) is 13.0. The molecule has 0 radical (unpaired) electrons. The molecule has 0 aliphatic heterocycles. The van der Waals surface area contributed by atoms with Gasteiger partial charge in [-0.1, -0.05) is 18.2 Å². The van der Waals surface area contributed by atoms with Gasteiger partial charge >= 0.3 is 5.97 Å². The molecule has 0 aromatic heterocycles. The van der Waals surface area contributed by atoms with Gasteiger partial charge in [0.1, 0.15) is 5.54 Å². The molecule has 4 heteroatoms. The third-order valence-corrected chi connectivity index (χ3v) is 3.88. The van der Waals surface area contributed by atoms with Crippen molar-refractivity contribution in [3.05, 3.63) is 30.3 Å². The summed E-state index contributed by atoms with van der Waals surface area (Å²) in [7, 11) is 1.78. The quantitative estimate of drug-likeness (QED) is 0.624. The normalized spacial score (nSPS) is 14.1. The van der Waals surface area contributed by atoms with Crippen LogP contribution in [-0.2, 0) is 9.53 Å². The summed E-state index contributed by atoms with van der Waals surface area (Å²) in [6.07, 6.45) is 0. The molecule has 1 aromatic carbocycles. The molecule has 17 heavy (non-hydrogen) atoms. The minimum Gasteiger partial charge on any atom is -0.465 e. The lowest BCUT2D eigenvalue weighted by atomic mass is 10.1. The fraction of sp³-hybridized carbons (Fsp3) is 0.462. The van der Waals surface area contributed by atoms with Crippen LogP contribution in [0.25, 0.3) is 0 Å². The second-order valence-electron chi connectivity index (χ2n) is 3.90. The predicted molar refractivity (Wildman–Crippen MR) is 71.3 cm³/mol. The first kappa shape index (κ1) is 14.1. The monoisotopic (exact) mass is 253 g/mol. The predicted octanol–water partition coefficient (Wildman–Crippen LogP) is 2.32. The SMILES string of the molecule is CCOC(=O)C(C)(CSc1ccccc1)NC. The van der Waals surface area contributed by atoms with Crippen LogP contribution < -0.4 is 5.32 Å². The summed E-state index contributed by atoms with van der Waals surface area (Å²) in [5.41, 5.74) is -0.642. The molecular weight excluding hydrogens is 234 g/mol. The van der Waals surface area contributed by atoms with Gasteiger partial charge in [0.15, 0.2) is 0 Å². The van der Waals surface area contributed by atoms with E-state index in [2.05, 4.69) is 5.32 Å². The van der Waals surface area contributed by atoms with Crippen molar-refractivity contribution in [3.8, 4) is 0 Å². The van der Waals surface area contributed by atoms with Gasteiger partial charge in [0.25, 0.3) is 0 Å². The summed E-state index contributed by atoms with van der Waals surface area (Å²) in [5.74, 6) is 0.442. The number of nitrogens with one attached hydrogen (secondary N) is 1. The maximum Gasteiger partial charge on any atom is 0.326 e. The Bertz CT molecular complexity index is 356. The summed E-state index contributed by atoms with van der Waals surface area (Å²) in [6, 6.07) is 10.0. The molecule has 1 rings (SSSR count). The van der Waals surface area contributed by atoms with Crippen molar-refractivity contribution in [1.29, 1.82) is 0 Å². The number of ether oxygens (including phenoxy) is 1. The highest BCUT2D eigenvalue weighted by atomic mass is 32.2. The summed E-state index contributed by atoms with van der Waals surface area (Å²) in [6.45, 7) is 4.09. The van der Waals surface area contributed by atoms with Gasteiger partial charge in [-0.05, 0) is 33.0 Å². The zero-order valence-electron chi connectivity index (χ0n) is 10.5. The summed E-state index contributed by atoms with van der Waals surface area (Å²) >= 11 is 1.64. The van der Waals surface area contributed by atoms with E-state index in [0.29, 0.717) is 12.4 Å². The molecule has 0 saturated heterocycles.